The normalized spacial score (nSPS) is 12.4. The summed E-state index contributed by atoms with van der Waals surface area (Å²) in [7, 11) is 2.18. The molecule has 2 nitrogen and oxygen atoms in total. The van der Waals surface area contributed by atoms with Crippen LogP contribution in [0.4, 0.5) is 28.4 Å². The highest BCUT2D eigenvalue weighted by Gasteiger charge is 2.28. The molecule has 47 heavy (non-hydrogen) atoms. The Labute approximate surface area is 279 Å². The molecule has 9 rings (SSSR count). The molecule has 224 valence electrons. The van der Waals surface area contributed by atoms with Crippen molar-refractivity contribution in [2.24, 2.45) is 0 Å². The molecule has 0 N–H and O–H groups in total. The summed E-state index contributed by atoms with van der Waals surface area (Å²) in [4.78, 5) is 4.73. The SMILES string of the molecule is Cc1ccc2c(c1)N(C)c1cc(-c3ccccc3)ccc1N2c1ccc(-c2ccc(-c3ccc4sc5ccccc5c4c3)cc2)cc1. The fraction of sp³-hybridized carbons (Fsp3) is 0.0455. The van der Waals surface area contributed by atoms with E-state index in [1.807, 2.05) is 11.3 Å². The zero-order valence-electron chi connectivity index (χ0n) is 26.3. The van der Waals surface area contributed by atoms with Gasteiger partial charge in [-0.05, 0) is 100 Å². The van der Waals surface area contributed by atoms with Crippen LogP contribution in [0.1, 0.15) is 5.56 Å². The van der Waals surface area contributed by atoms with E-state index >= 15 is 0 Å². The smallest absolute Gasteiger partial charge is 0.0700 e. The maximum Gasteiger partial charge on any atom is 0.0700 e. The van der Waals surface area contributed by atoms with E-state index in [4.69, 9.17) is 0 Å². The molecule has 7 aromatic carbocycles. The minimum Gasteiger partial charge on any atom is -0.341 e. The number of rotatable bonds is 4. The number of thiophene rings is 1. The van der Waals surface area contributed by atoms with Crippen LogP contribution in [-0.2, 0) is 0 Å². The number of aryl methyl sites for hydroxylation is 1. The highest BCUT2D eigenvalue weighted by molar-refractivity contribution is 7.25. The molecule has 0 spiro atoms. The molecule has 0 bridgehead atoms. The summed E-state index contributed by atoms with van der Waals surface area (Å²) >= 11 is 1.86. The Morgan fingerprint density at radius 3 is 1.70 bits per heavy atom. The van der Waals surface area contributed by atoms with E-state index in [2.05, 4.69) is 181 Å². The quantitative estimate of drug-likeness (QED) is 0.193. The van der Waals surface area contributed by atoms with Crippen molar-refractivity contribution in [1.29, 1.82) is 0 Å². The van der Waals surface area contributed by atoms with Gasteiger partial charge < -0.3 is 9.80 Å². The van der Waals surface area contributed by atoms with Crippen molar-refractivity contribution < 1.29 is 0 Å². The number of hydrogen-bond donors (Lipinski definition) is 0. The molecule has 1 aliphatic rings. The molecule has 0 saturated heterocycles. The van der Waals surface area contributed by atoms with Gasteiger partial charge in [-0.1, -0.05) is 103 Å². The van der Waals surface area contributed by atoms with Gasteiger partial charge in [-0.25, -0.2) is 0 Å². The molecule has 0 atom stereocenters. The molecule has 2 heterocycles. The second kappa shape index (κ2) is 11.0. The summed E-state index contributed by atoms with van der Waals surface area (Å²) in [6.07, 6.45) is 0. The predicted molar refractivity (Wildman–Crippen MR) is 203 cm³/mol. The van der Waals surface area contributed by atoms with Crippen LogP contribution in [0.2, 0.25) is 0 Å². The lowest BCUT2D eigenvalue weighted by Crippen LogP contribution is -2.24. The summed E-state index contributed by atoms with van der Waals surface area (Å²) < 4.78 is 2.68. The fourth-order valence-electron chi connectivity index (χ4n) is 6.98. The summed E-state index contributed by atoms with van der Waals surface area (Å²) in [5.74, 6) is 0. The van der Waals surface area contributed by atoms with Crippen molar-refractivity contribution in [3.05, 3.63) is 163 Å². The second-order valence-corrected chi connectivity index (χ2v) is 13.5. The summed E-state index contributed by atoms with van der Waals surface area (Å²) in [6.45, 7) is 2.16. The largest absolute Gasteiger partial charge is 0.341 e. The Hall–Kier alpha value is -5.64. The van der Waals surface area contributed by atoms with E-state index in [1.54, 1.807) is 0 Å². The molecule has 0 radical (unpaired) electrons. The maximum absolute atomic E-state index is 2.40. The van der Waals surface area contributed by atoms with E-state index in [-0.39, 0.29) is 0 Å². The van der Waals surface area contributed by atoms with Crippen LogP contribution in [0.25, 0.3) is 53.6 Å². The van der Waals surface area contributed by atoms with Crippen molar-refractivity contribution in [2.75, 3.05) is 16.8 Å². The van der Waals surface area contributed by atoms with E-state index in [0.29, 0.717) is 0 Å². The Bertz CT molecular complexity index is 2420. The van der Waals surface area contributed by atoms with Crippen molar-refractivity contribution in [3.8, 4) is 33.4 Å². The van der Waals surface area contributed by atoms with Gasteiger partial charge in [0.2, 0.25) is 0 Å². The predicted octanol–water partition coefficient (Wildman–Crippen LogP) is 12.9. The molecular formula is C44H32N2S. The van der Waals surface area contributed by atoms with Gasteiger partial charge in [-0.2, -0.15) is 0 Å². The fourth-order valence-corrected chi connectivity index (χ4v) is 8.07. The third-order valence-corrected chi connectivity index (χ3v) is 10.6. The van der Waals surface area contributed by atoms with Gasteiger partial charge in [0.15, 0.2) is 0 Å². The first-order valence-electron chi connectivity index (χ1n) is 16.1. The van der Waals surface area contributed by atoms with Gasteiger partial charge in [-0.15, -0.1) is 11.3 Å². The lowest BCUT2D eigenvalue weighted by atomic mass is 9.98. The van der Waals surface area contributed by atoms with Crippen molar-refractivity contribution in [1.82, 2.24) is 0 Å². The topological polar surface area (TPSA) is 6.48 Å². The first-order chi connectivity index (χ1) is 23.1. The standard InChI is InChI=1S/C44H32N2S/c1-29-12-23-39-41(26-29)45(2)42-28-35(30-8-4-3-5-9-30)19-24-40(42)46(39)36-21-17-32(18-22-36)31-13-15-33(16-14-31)34-20-25-44-38(27-34)37-10-6-7-11-43(37)47-44/h3-28H,1-2H3. The van der Waals surface area contributed by atoms with E-state index < -0.39 is 0 Å². The van der Waals surface area contributed by atoms with Gasteiger partial charge in [-0.3, -0.25) is 0 Å². The van der Waals surface area contributed by atoms with Crippen LogP contribution in [0.5, 0.6) is 0 Å². The van der Waals surface area contributed by atoms with Gasteiger partial charge >= 0.3 is 0 Å². The number of benzene rings is 7. The first-order valence-corrected chi connectivity index (χ1v) is 16.9. The first kappa shape index (κ1) is 27.7. The molecule has 0 aliphatic carbocycles. The molecule has 0 unspecified atom stereocenters. The number of nitrogens with zero attached hydrogens (tertiary/aromatic N) is 2. The van der Waals surface area contributed by atoms with Crippen LogP contribution >= 0.6 is 11.3 Å². The number of fused-ring (bicyclic) bond motifs is 5. The molecule has 0 amide bonds. The highest BCUT2D eigenvalue weighted by atomic mass is 32.1. The Morgan fingerprint density at radius 2 is 0.936 bits per heavy atom. The molecular weight excluding hydrogens is 589 g/mol. The minimum atomic E-state index is 1.15. The van der Waals surface area contributed by atoms with Gasteiger partial charge in [0.05, 0.1) is 22.7 Å². The maximum atomic E-state index is 2.40. The van der Waals surface area contributed by atoms with E-state index in [9.17, 15) is 0 Å². The van der Waals surface area contributed by atoms with Crippen molar-refractivity contribution in [3.63, 3.8) is 0 Å². The molecule has 8 aromatic rings. The van der Waals surface area contributed by atoms with Crippen LogP contribution < -0.4 is 9.80 Å². The zero-order chi connectivity index (χ0) is 31.5. The lowest BCUT2D eigenvalue weighted by molar-refractivity contribution is 1.12. The van der Waals surface area contributed by atoms with Gasteiger partial charge in [0.25, 0.3) is 0 Å². The third kappa shape index (κ3) is 4.70. The lowest BCUT2D eigenvalue weighted by Gasteiger charge is -2.39. The van der Waals surface area contributed by atoms with Gasteiger partial charge in [0.1, 0.15) is 0 Å². The van der Waals surface area contributed by atoms with Crippen molar-refractivity contribution in [2.45, 2.75) is 6.92 Å². The zero-order valence-corrected chi connectivity index (χ0v) is 27.1. The van der Waals surface area contributed by atoms with E-state index in [1.165, 1.54) is 81.9 Å². The molecule has 1 aliphatic heterocycles. The van der Waals surface area contributed by atoms with Crippen LogP contribution in [0.3, 0.4) is 0 Å². The average molecular weight is 621 g/mol. The van der Waals surface area contributed by atoms with E-state index in [0.717, 1.165) is 5.69 Å². The second-order valence-electron chi connectivity index (χ2n) is 12.4. The van der Waals surface area contributed by atoms with Gasteiger partial charge in [0, 0.05) is 32.9 Å². The number of hydrogen-bond acceptors (Lipinski definition) is 3. The minimum absolute atomic E-state index is 1.15. The van der Waals surface area contributed by atoms with Crippen LogP contribution in [0, 0.1) is 6.92 Å². The summed E-state index contributed by atoms with van der Waals surface area (Å²) in [5.41, 5.74) is 14.5. The molecule has 0 fully saturated rings. The Kier molecular flexibility index (Phi) is 6.48. The molecule has 1 aromatic heterocycles. The molecule has 0 saturated carbocycles. The third-order valence-electron chi connectivity index (χ3n) is 9.47. The Morgan fingerprint density at radius 1 is 0.404 bits per heavy atom. The highest BCUT2D eigenvalue weighted by Crippen LogP contribution is 2.52. The monoisotopic (exact) mass is 620 g/mol. The summed E-state index contributed by atoms with van der Waals surface area (Å²) in [6, 6.07) is 57.7. The summed E-state index contributed by atoms with van der Waals surface area (Å²) in [5, 5.41) is 2.67. The van der Waals surface area contributed by atoms with Crippen molar-refractivity contribution >= 4 is 59.9 Å². The Balaban J connectivity index is 1.05. The van der Waals surface area contributed by atoms with Crippen LogP contribution in [0.15, 0.2) is 158 Å². The average Bonchev–Trinajstić information content (AvgIpc) is 3.51. The van der Waals surface area contributed by atoms with Crippen LogP contribution in [-0.4, -0.2) is 7.05 Å². The molecule has 3 heteroatoms. The number of anilines is 5.